The van der Waals surface area contributed by atoms with Gasteiger partial charge in [-0.15, -0.1) is 0 Å². The van der Waals surface area contributed by atoms with Crippen molar-refractivity contribution in [3.63, 3.8) is 0 Å². The van der Waals surface area contributed by atoms with Gasteiger partial charge in [0.1, 0.15) is 0 Å². The predicted octanol–water partition coefficient (Wildman–Crippen LogP) is 2.50. The van der Waals surface area contributed by atoms with Crippen molar-refractivity contribution in [2.45, 2.75) is 45.2 Å². The van der Waals surface area contributed by atoms with Crippen LogP contribution in [0.3, 0.4) is 0 Å². The minimum absolute atomic E-state index is 0.728. The van der Waals surface area contributed by atoms with Crippen LogP contribution >= 0.6 is 0 Å². The van der Waals surface area contributed by atoms with Crippen LogP contribution in [0.25, 0.3) is 0 Å². The van der Waals surface area contributed by atoms with Crippen molar-refractivity contribution in [2.24, 2.45) is 5.92 Å². The summed E-state index contributed by atoms with van der Waals surface area (Å²) in [6.45, 7) is 5.66. The predicted molar refractivity (Wildman–Crippen MR) is 85.6 cm³/mol. The maximum absolute atomic E-state index is 5.76. The first-order valence-electron chi connectivity index (χ1n) is 8.20. The zero-order valence-corrected chi connectivity index (χ0v) is 13.3. The zero-order chi connectivity index (χ0) is 14.7. The van der Waals surface area contributed by atoms with Gasteiger partial charge in [0.2, 0.25) is 0 Å². The molecule has 1 aromatic rings. The Hall–Kier alpha value is -1.13. The number of nitrogens with zero attached hydrogens (tertiary/aromatic N) is 2. The SMILES string of the molecule is Cc1cc(N(C)CCOCC2CC2)c(CNC2CC2)cn1. The number of likely N-dealkylation sites (N-methyl/N-ethyl adjacent to an activating group) is 1. The Kier molecular flexibility index (Phi) is 4.76. The second-order valence-corrected chi connectivity index (χ2v) is 6.55. The van der Waals surface area contributed by atoms with Gasteiger partial charge >= 0.3 is 0 Å². The summed E-state index contributed by atoms with van der Waals surface area (Å²) in [5, 5.41) is 3.58. The molecular formula is C17H27N3O. The van der Waals surface area contributed by atoms with E-state index in [0.717, 1.165) is 44.0 Å². The number of rotatable bonds is 9. The van der Waals surface area contributed by atoms with Crippen molar-refractivity contribution in [2.75, 3.05) is 31.7 Å². The minimum atomic E-state index is 0.728. The third-order valence-electron chi connectivity index (χ3n) is 4.29. The number of pyridine rings is 1. The summed E-state index contributed by atoms with van der Waals surface area (Å²) < 4.78 is 5.76. The molecule has 116 valence electrons. The second-order valence-electron chi connectivity index (χ2n) is 6.55. The van der Waals surface area contributed by atoms with Crippen LogP contribution in [-0.2, 0) is 11.3 Å². The van der Waals surface area contributed by atoms with Crippen molar-refractivity contribution in [1.82, 2.24) is 10.3 Å². The minimum Gasteiger partial charge on any atom is -0.379 e. The van der Waals surface area contributed by atoms with Gasteiger partial charge < -0.3 is 15.0 Å². The van der Waals surface area contributed by atoms with Gasteiger partial charge in [-0.05, 0) is 44.6 Å². The van der Waals surface area contributed by atoms with E-state index in [4.69, 9.17) is 4.74 Å². The maximum Gasteiger partial charge on any atom is 0.0641 e. The summed E-state index contributed by atoms with van der Waals surface area (Å²) >= 11 is 0. The molecule has 2 saturated carbocycles. The average molecular weight is 289 g/mol. The van der Waals surface area contributed by atoms with Crippen LogP contribution < -0.4 is 10.2 Å². The number of aryl methyl sites for hydroxylation is 1. The van der Waals surface area contributed by atoms with Crippen molar-refractivity contribution < 1.29 is 4.74 Å². The lowest BCUT2D eigenvalue weighted by atomic mass is 10.2. The van der Waals surface area contributed by atoms with Crippen molar-refractivity contribution in [1.29, 1.82) is 0 Å². The molecule has 0 unspecified atom stereocenters. The zero-order valence-electron chi connectivity index (χ0n) is 13.3. The highest BCUT2D eigenvalue weighted by molar-refractivity contribution is 5.53. The second kappa shape index (κ2) is 6.75. The van der Waals surface area contributed by atoms with Crippen molar-refractivity contribution in [3.05, 3.63) is 23.5 Å². The lowest BCUT2D eigenvalue weighted by molar-refractivity contribution is 0.131. The van der Waals surface area contributed by atoms with Crippen LogP contribution in [0, 0.1) is 12.8 Å². The molecule has 0 aliphatic heterocycles. The van der Waals surface area contributed by atoms with Crippen molar-refractivity contribution >= 4 is 5.69 Å². The number of ether oxygens (including phenoxy) is 1. The molecule has 4 nitrogen and oxygen atoms in total. The molecule has 0 atom stereocenters. The third-order valence-corrected chi connectivity index (χ3v) is 4.29. The molecular weight excluding hydrogens is 262 g/mol. The number of nitrogens with one attached hydrogen (secondary N) is 1. The molecule has 4 heteroatoms. The molecule has 2 aliphatic rings. The van der Waals surface area contributed by atoms with Gasteiger partial charge in [0, 0.05) is 55.9 Å². The van der Waals surface area contributed by atoms with Gasteiger partial charge in [0.25, 0.3) is 0 Å². The summed E-state index contributed by atoms with van der Waals surface area (Å²) in [4.78, 5) is 6.75. The van der Waals surface area contributed by atoms with Gasteiger partial charge in [0.05, 0.1) is 6.61 Å². The number of hydrogen-bond acceptors (Lipinski definition) is 4. The Morgan fingerprint density at radius 1 is 1.33 bits per heavy atom. The molecule has 1 N–H and O–H groups in total. The van der Waals surface area contributed by atoms with Crippen LogP contribution in [0.2, 0.25) is 0 Å². The summed E-state index contributed by atoms with van der Waals surface area (Å²) in [5.41, 5.74) is 3.65. The summed E-state index contributed by atoms with van der Waals surface area (Å²) in [5.74, 6) is 0.844. The quantitative estimate of drug-likeness (QED) is 0.709. The molecule has 0 radical (unpaired) electrons. The standard InChI is InChI=1S/C17H27N3O/c1-13-9-17(15(10-18-13)11-19-16-5-6-16)20(2)7-8-21-12-14-3-4-14/h9-10,14,16,19H,3-8,11-12H2,1-2H3. The van der Waals surface area contributed by atoms with Crippen molar-refractivity contribution in [3.8, 4) is 0 Å². The fraction of sp³-hybridized carbons (Fsp3) is 0.706. The number of hydrogen-bond donors (Lipinski definition) is 1. The third kappa shape index (κ3) is 4.68. The molecule has 2 aliphatic carbocycles. The van der Waals surface area contributed by atoms with Gasteiger partial charge in [-0.2, -0.15) is 0 Å². The van der Waals surface area contributed by atoms with E-state index in [9.17, 15) is 0 Å². The number of aromatic nitrogens is 1. The van der Waals surface area contributed by atoms with Gasteiger partial charge in [-0.1, -0.05) is 0 Å². The normalized spacial score (nSPS) is 18.0. The maximum atomic E-state index is 5.76. The van der Waals surface area contributed by atoms with Gasteiger partial charge in [-0.3, -0.25) is 4.98 Å². The molecule has 3 rings (SSSR count). The molecule has 0 spiro atoms. The van der Waals surface area contributed by atoms with E-state index in [1.165, 1.54) is 36.9 Å². The molecule has 1 heterocycles. The molecule has 2 fully saturated rings. The van der Waals surface area contributed by atoms with E-state index >= 15 is 0 Å². The van der Waals surface area contributed by atoms with Gasteiger partial charge in [0.15, 0.2) is 0 Å². The lowest BCUT2D eigenvalue weighted by Gasteiger charge is -2.23. The highest BCUT2D eigenvalue weighted by Crippen LogP contribution is 2.28. The summed E-state index contributed by atoms with van der Waals surface area (Å²) in [6.07, 6.45) is 7.37. The summed E-state index contributed by atoms with van der Waals surface area (Å²) in [7, 11) is 2.15. The molecule has 21 heavy (non-hydrogen) atoms. The van der Waals surface area contributed by atoms with Crippen LogP contribution in [-0.4, -0.2) is 37.8 Å². The highest BCUT2D eigenvalue weighted by Gasteiger charge is 2.22. The first-order chi connectivity index (χ1) is 10.2. The Balaban J connectivity index is 1.53. The highest BCUT2D eigenvalue weighted by atomic mass is 16.5. The fourth-order valence-corrected chi connectivity index (χ4v) is 2.46. The summed E-state index contributed by atoms with van der Waals surface area (Å²) in [6, 6.07) is 2.91. The van der Waals surface area contributed by atoms with Crippen LogP contribution in [0.4, 0.5) is 5.69 Å². The first kappa shape index (κ1) is 14.8. The van der Waals surface area contributed by atoms with E-state index in [-0.39, 0.29) is 0 Å². The molecule has 0 saturated heterocycles. The smallest absolute Gasteiger partial charge is 0.0641 e. The van der Waals surface area contributed by atoms with E-state index in [2.05, 4.69) is 35.2 Å². The first-order valence-corrected chi connectivity index (χ1v) is 8.20. The van der Waals surface area contributed by atoms with Crippen LogP contribution in [0.1, 0.15) is 36.9 Å². The van der Waals surface area contributed by atoms with E-state index in [0.29, 0.717) is 0 Å². The van der Waals surface area contributed by atoms with E-state index < -0.39 is 0 Å². The molecule has 1 aromatic heterocycles. The van der Waals surface area contributed by atoms with Crippen LogP contribution in [0.5, 0.6) is 0 Å². The average Bonchev–Trinajstić information content (AvgIpc) is 3.36. The molecule has 0 amide bonds. The Morgan fingerprint density at radius 2 is 2.14 bits per heavy atom. The largest absolute Gasteiger partial charge is 0.379 e. The van der Waals surface area contributed by atoms with E-state index in [1.807, 2.05) is 6.20 Å². The molecule has 0 bridgehead atoms. The Morgan fingerprint density at radius 3 is 2.86 bits per heavy atom. The van der Waals surface area contributed by atoms with Crippen LogP contribution in [0.15, 0.2) is 12.3 Å². The van der Waals surface area contributed by atoms with Gasteiger partial charge in [-0.25, -0.2) is 0 Å². The fourth-order valence-electron chi connectivity index (χ4n) is 2.46. The topological polar surface area (TPSA) is 37.4 Å². The lowest BCUT2D eigenvalue weighted by Crippen LogP contribution is -2.26. The Labute approximate surface area is 127 Å². The number of anilines is 1. The molecule has 0 aromatic carbocycles. The van der Waals surface area contributed by atoms with E-state index in [1.54, 1.807) is 0 Å². The Bertz CT molecular complexity index is 469. The monoisotopic (exact) mass is 289 g/mol.